The lowest BCUT2D eigenvalue weighted by molar-refractivity contribution is 0.0919. The Labute approximate surface area is 158 Å². The van der Waals surface area contributed by atoms with E-state index in [1.165, 1.54) is 23.5 Å². The summed E-state index contributed by atoms with van der Waals surface area (Å²) < 4.78 is 26.9. The molecule has 2 N–H and O–H groups in total. The number of nitrogens with zero attached hydrogens (tertiary/aromatic N) is 1. The highest BCUT2D eigenvalue weighted by molar-refractivity contribution is 7.89. The van der Waals surface area contributed by atoms with E-state index in [0.717, 1.165) is 5.56 Å². The lowest BCUT2D eigenvalue weighted by atomic mass is 10.1. The monoisotopic (exact) mass is 389 g/mol. The first-order chi connectivity index (χ1) is 12.8. The molecular formula is C19H23N3O4S. The summed E-state index contributed by atoms with van der Waals surface area (Å²) in [6.45, 7) is 4.05. The molecule has 1 aromatic carbocycles. The predicted molar refractivity (Wildman–Crippen MR) is 101 cm³/mol. The molecule has 1 aromatic heterocycles. The molecule has 7 nitrogen and oxygen atoms in total. The van der Waals surface area contributed by atoms with Crippen LogP contribution in [0.15, 0.2) is 41.4 Å². The molecule has 0 spiro atoms. The standard InChI is InChI=1S/C19H23N3O4S/c1-13-3-5-17(6-4-13)27(25,26)22-9-7-16(8-10-22)21-19(24)18-11-15(12-20-18)14(2)23/h3-6,11-12,16,20H,7-10H2,1-2H3,(H,21,24). The van der Waals surface area contributed by atoms with Crippen LogP contribution in [-0.4, -0.2) is 48.5 Å². The zero-order valence-corrected chi connectivity index (χ0v) is 16.2. The van der Waals surface area contributed by atoms with Gasteiger partial charge in [-0.05, 0) is 44.9 Å². The molecule has 0 radical (unpaired) electrons. The zero-order valence-electron chi connectivity index (χ0n) is 15.4. The van der Waals surface area contributed by atoms with Gasteiger partial charge in [0, 0.05) is 30.9 Å². The molecule has 1 saturated heterocycles. The number of sulfonamides is 1. The minimum atomic E-state index is -3.51. The summed E-state index contributed by atoms with van der Waals surface area (Å²) in [6, 6.07) is 8.23. The number of aromatic amines is 1. The molecule has 0 unspecified atom stereocenters. The van der Waals surface area contributed by atoms with Gasteiger partial charge < -0.3 is 10.3 Å². The summed E-state index contributed by atoms with van der Waals surface area (Å²) in [5, 5.41) is 2.90. The van der Waals surface area contributed by atoms with Gasteiger partial charge in [-0.25, -0.2) is 8.42 Å². The number of nitrogens with one attached hydrogen (secondary N) is 2. The number of Topliss-reactive ketones (excluding diaryl/α,β-unsaturated/α-hetero) is 1. The number of aromatic nitrogens is 1. The van der Waals surface area contributed by atoms with Gasteiger partial charge in [-0.2, -0.15) is 4.31 Å². The van der Waals surface area contributed by atoms with Gasteiger partial charge in [0.15, 0.2) is 5.78 Å². The van der Waals surface area contributed by atoms with Crippen LogP contribution < -0.4 is 5.32 Å². The maximum atomic E-state index is 12.7. The third-order valence-corrected chi connectivity index (χ3v) is 6.69. The summed E-state index contributed by atoms with van der Waals surface area (Å²) in [7, 11) is -3.51. The Balaban J connectivity index is 1.59. The normalized spacial score (nSPS) is 16.2. The van der Waals surface area contributed by atoms with E-state index in [0.29, 0.717) is 42.1 Å². The quantitative estimate of drug-likeness (QED) is 0.765. The Morgan fingerprint density at radius 2 is 1.78 bits per heavy atom. The molecule has 1 amide bonds. The number of benzene rings is 1. The molecule has 3 rings (SSSR count). The minimum Gasteiger partial charge on any atom is -0.356 e. The number of ketones is 1. The molecule has 0 aliphatic carbocycles. The second-order valence-corrected chi connectivity index (χ2v) is 8.76. The third-order valence-electron chi connectivity index (χ3n) is 4.78. The van der Waals surface area contributed by atoms with Gasteiger partial charge in [0.1, 0.15) is 5.69 Å². The summed E-state index contributed by atoms with van der Waals surface area (Å²) in [5.74, 6) is -0.401. The van der Waals surface area contributed by atoms with Gasteiger partial charge in [-0.1, -0.05) is 17.7 Å². The first-order valence-electron chi connectivity index (χ1n) is 8.84. The van der Waals surface area contributed by atoms with E-state index >= 15 is 0 Å². The highest BCUT2D eigenvalue weighted by Crippen LogP contribution is 2.21. The van der Waals surface area contributed by atoms with Gasteiger partial charge >= 0.3 is 0 Å². The fraction of sp³-hybridized carbons (Fsp3) is 0.368. The van der Waals surface area contributed by atoms with E-state index in [2.05, 4.69) is 10.3 Å². The molecule has 144 valence electrons. The highest BCUT2D eigenvalue weighted by Gasteiger charge is 2.30. The van der Waals surface area contributed by atoms with Crippen LogP contribution in [0, 0.1) is 6.92 Å². The summed E-state index contributed by atoms with van der Waals surface area (Å²) in [4.78, 5) is 26.7. The van der Waals surface area contributed by atoms with Crippen molar-refractivity contribution in [2.24, 2.45) is 0 Å². The van der Waals surface area contributed by atoms with Crippen molar-refractivity contribution in [3.63, 3.8) is 0 Å². The van der Waals surface area contributed by atoms with E-state index in [4.69, 9.17) is 0 Å². The van der Waals surface area contributed by atoms with E-state index in [1.807, 2.05) is 6.92 Å². The third kappa shape index (κ3) is 4.28. The van der Waals surface area contributed by atoms with Crippen LogP contribution in [0.2, 0.25) is 0 Å². The SMILES string of the molecule is CC(=O)c1c[nH]c(C(=O)NC2CCN(S(=O)(=O)c3ccc(C)cc3)CC2)c1. The van der Waals surface area contributed by atoms with Crippen LogP contribution in [-0.2, 0) is 10.0 Å². The first kappa shape index (κ1) is 19.3. The summed E-state index contributed by atoms with van der Waals surface area (Å²) >= 11 is 0. The Morgan fingerprint density at radius 3 is 2.33 bits per heavy atom. The van der Waals surface area contributed by atoms with Crippen molar-refractivity contribution in [2.75, 3.05) is 13.1 Å². The predicted octanol–water partition coefficient (Wildman–Crippen LogP) is 2.11. The molecule has 27 heavy (non-hydrogen) atoms. The van der Waals surface area contributed by atoms with E-state index in [-0.39, 0.29) is 17.7 Å². The van der Waals surface area contributed by atoms with Crippen LogP contribution in [0.3, 0.4) is 0 Å². The number of carbonyl (C=O) groups is 2. The number of hydrogen-bond donors (Lipinski definition) is 2. The van der Waals surface area contributed by atoms with Crippen LogP contribution in [0.4, 0.5) is 0 Å². The van der Waals surface area contributed by atoms with Gasteiger partial charge in [0.25, 0.3) is 5.91 Å². The van der Waals surface area contributed by atoms with Crippen LogP contribution in [0.1, 0.15) is 46.2 Å². The Kier molecular flexibility index (Phi) is 5.48. The largest absolute Gasteiger partial charge is 0.356 e. The number of aryl methyl sites for hydroxylation is 1. The maximum Gasteiger partial charge on any atom is 0.267 e. The lowest BCUT2D eigenvalue weighted by Gasteiger charge is -2.31. The fourth-order valence-corrected chi connectivity index (χ4v) is 4.56. The molecule has 0 saturated carbocycles. The van der Waals surface area contributed by atoms with Gasteiger partial charge in [0.05, 0.1) is 4.90 Å². The molecule has 0 bridgehead atoms. The van der Waals surface area contributed by atoms with Crippen molar-refractivity contribution in [1.82, 2.24) is 14.6 Å². The Bertz CT molecular complexity index is 940. The number of H-pyrrole nitrogens is 1. The topological polar surface area (TPSA) is 99.3 Å². The van der Waals surface area contributed by atoms with E-state index in [1.54, 1.807) is 24.3 Å². The average Bonchev–Trinajstić information content (AvgIpc) is 3.13. The van der Waals surface area contributed by atoms with E-state index < -0.39 is 10.0 Å². The lowest BCUT2D eigenvalue weighted by Crippen LogP contribution is -2.46. The molecular weight excluding hydrogens is 366 g/mol. The second kappa shape index (κ2) is 7.66. The molecule has 0 atom stereocenters. The number of piperidine rings is 1. The highest BCUT2D eigenvalue weighted by atomic mass is 32.2. The van der Waals surface area contributed by atoms with Crippen molar-refractivity contribution in [3.05, 3.63) is 53.3 Å². The summed E-state index contributed by atoms with van der Waals surface area (Å²) in [6.07, 6.45) is 2.59. The second-order valence-electron chi connectivity index (χ2n) is 6.82. The smallest absolute Gasteiger partial charge is 0.267 e. The van der Waals surface area contributed by atoms with Crippen molar-refractivity contribution in [1.29, 1.82) is 0 Å². The average molecular weight is 389 g/mol. The molecule has 1 fully saturated rings. The number of carbonyl (C=O) groups excluding carboxylic acids is 2. The van der Waals surface area contributed by atoms with Gasteiger partial charge in [-0.3, -0.25) is 9.59 Å². The van der Waals surface area contributed by atoms with Crippen LogP contribution in [0.5, 0.6) is 0 Å². The van der Waals surface area contributed by atoms with Crippen molar-refractivity contribution >= 4 is 21.7 Å². The molecule has 8 heteroatoms. The van der Waals surface area contributed by atoms with E-state index in [9.17, 15) is 18.0 Å². The minimum absolute atomic E-state index is 0.106. The molecule has 1 aliphatic rings. The summed E-state index contributed by atoms with van der Waals surface area (Å²) in [5.41, 5.74) is 1.79. The van der Waals surface area contributed by atoms with Crippen LogP contribution >= 0.6 is 0 Å². The number of amides is 1. The number of rotatable bonds is 5. The molecule has 1 aliphatic heterocycles. The van der Waals surface area contributed by atoms with Gasteiger partial charge in [0.2, 0.25) is 10.0 Å². The van der Waals surface area contributed by atoms with Crippen molar-refractivity contribution in [3.8, 4) is 0 Å². The fourth-order valence-electron chi connectivity index (χ4n) is 3.09. The van der Waals surface area contributed by atoms with Crippen LogP contribution in [0.25, 0.3) is 0 Å². The molecule has 2 heterocycles. The zero-order chi connectivity index (χ0) is 19.6. The first-order valence-corrected chi connectivity index (χ1v) is 10.3. The Morgan fingerprint density at radius 1 is 1.15 bits per heavy atom. The number of hydrogen-bond acceptors (Lipinski definition) is 4. The maximum absolute atomic E-state index is 12.7. The van der Waals surface area contributed by atoms with Crippen molar-refractivity contribution < 1.29 is 18.0 Å². The van der Waals surface area contributed by atoms with Crippen molar-refractivity contribution in [2.45, 2.75) is 37.6 Å². The molecule has 2 aromatic rings. The Hall–Kier alpha value is -2.45. The van der Waals surface area contributed by atoms with Gasteiger partial charge in [-0.15, -0.1) is 0 Å².